The predicted octanol–water partition coefficient (Wildman–Crippen LogP) is 15.5. The predicted molar refractivity (Wildman–Crippen MR) is 243 cm³/mol. The van der Waals surface area contributed by atoms with E-state index in [1.165, 1.54) is 103 Å². The van der Waals surface area contributed by atoms with Crippen molar-refractivity contribution in [2.45, 2.75) is 9.79 Å². The first-order valence-electron chi connectivity index (χ1n) is 19.5. The Bertz CT molecular complexity index is 3340. The Morgan fingerprint density at radius 1 is 0.281 bits per heavy atom. The van der Waals surface area contributed by atoms with Crippen molar-refractivity contribution in [3.05, 3.63) is 206 Å². The van der Waals surface area contributed by atoms with Crippen LogP contribution in [0, 0.1) is 0 Å². The molecule has 0 aliphatic carbocycles. The number of aromatic nitrogens is 1. The van der Waals surface area contributed by atoms with Crippen molar-refractivity contribution in [3.63, 3.8) is 0 Å². The van der Waals surface area contributed by atoms with E-state index in [0.717, 1.165) is 5.69 Å². The summed E-state index contributed by atoms with van der Waals surface area (Å²) in [6.45, 7) is 0. The Hall–Kier alpha value is -7.07. The van der Waals surface area contributed by atoms with Gasteiger partial charge in [0, 0.05) is 31.9 Å². The second-order valence-corrected chi connectivity index (χ2v) is 16.0. The molecule has 1 aliphatic rings. The van der Waals surface area contributed by atoms with Crippen LogP contribution >= 0.6 is 11.8 Å². The molecule has 0 saturated carbocycles. The molecule has 3 heteroatoms. The van der Waals surface area contributed by atoms with Crippen molar-refractivity contribution < 1.29 is 0 Å². The van der Waals surface area contributed by atoms with Gasteiger partial charge in [0.1, 0.15) is 0 Å². The highest BCUT2D eigenvalue weighted by Gasteiger charge is 2.25. The van der Waals surface area contributed by atoms with Gasteiger partial charge in [0.05, 0.1) is 22.4 Å². The van der Waals surface area contributed by atoms with Crippen molar-refractivity contribution >= 4 is 82.9 Å². The zero-order chi connectivity index (χ0) is 37.5. The highest BCUT2D eigenvalue weighted by Crippen LogP contribution is 2.52. The van der Waals surface area contributed by atoms with E-state index in [1.54, 1.807) is 0 Å². The first-order chi connectivity index (χ1) is 28.3. The molecule has 0 saturated heterocycles. The molecule has 0 atom stereocenters. The Kier molecular flexibility index (Phi) is 7.20. The lowest BCUT2D eigenvalue weighted by Crippen LogP contribution is -2.14. The van der Waals surface area contributed by atoms with Gasteiger partial charge in [-0.05, 0) is 121 Å². The maximum atomic E-state index is 2.44. The van der Waals surface area contributed by atoms with Gasteiger partial charge >= 0.3 is 0 Å². The Labute approximate surface area is 334 Å². The monoisotopic (exact) mass is 742 g/mol. The molecule has 10 aromatic carbocycles. The Balaban J connectivity index is 0.978. The third-order valence-corrected chi connectivity index (χ3v) is 12.9. The largest absolute Gasteiger partial charge is 0.309 e. The van der Waals surface area contributed by atoms with E-state index >= 15 is 0 Å². The van der Waals surface area contributed by atoms with Gasteiger partial charge in [-0.15, -0.1) is 0 Å². The molecule has 2 heterocycles. The first kappa shape index (κ1) is 32.2. The van der Waals surface area contributed by atoms with Gasteiger partial charge in [-0.25, -0.2) is 0 Å². The van der Waals surface area contributed by atoms with Crippen LogP contribution in [0.25, 0.3) is 82.1 Å². The average molecular weight is 743 g/mol. The molecule has 2 nitrogen and oxygen atoms in total. The molecule has 0 spiro atoms. The van der Waals surface area contributed by atoms with Crippen molar-refractivity contribution in [1.82, 2.24) is 4.57 Å². The molecule has 1 aromatic heterocycles. The van der Waals surface area contributed by atoms with E-state index in [2.05, 4.69) is 216 Å². The van der Waals surface area contributed by atoms with Gasteiger partial charge < -0.3 is 9.47 Å². The number of para-hydroxylation sites is 2. The molecular weight excluding hydrogens is 709 g/mol. The third kappa shape index (κ3) is 5.06. The van der Waals surface area contributed by atoms with Crippen LogP contribution in [-0.4, -0.2) is 4.57 Å². The van der Waals surface area contributed by atoms with Gasteiger partial charge in [-0.3, -0.25) is 0 Å². The fourth-order valence-electron chi connectivity index (χ4n) is 9.11. The van der Waals surface area contributed by atoms with E-state index in [9.17, 15) is 0 Å². The second kappa shape index (κ2) is 12.7. The number of hydrogen-bond donors (Lipinski definition) is 0. The number of benzene rings is 10. The lowest BCUT2D eigenvalue weighted by Gasteiger charge is -2.33. The topological polar surface area (TPSA) is 8.17 Å². The van der Waals surface area contributed by atoms with E-state index < -0.39 is 0 Å². The number of rotatable bonds is 4. The summed E-state index contributed by atoms with van der Waals surface area (Å²) in [5.41, 5.74) is 12.0. The molecule has 1 aliphatic heterocycles. The van der Waals surface area contributed by atoms with E-state index in [4.69, 9.17) is 0 Å². The number of hydrogen-bond acceptors (Lipinski definition) is 2. The van der Waals surface area contributed by atoms with Gasteiger partial charge in [-0.1, -0.05) is 151 Å². The minimum Gasteiger partial charge on any atom is -0.309 e. The van der Waals surface area contributed by atoms with E-state index in [1.807, 2.05) is 11.8 Å². The molecule has 266 valence electrons. The van der Waals surface area contributed by atoms with Crippen LogP contribution in [0.4, 0.5) is 17.1 Å². The quantitative estimate of drug-likeness (QED) is 0.166. The highest BCUT2D eigenvalue weighted by molar-refractivity contribution is 7.99. The summed E-state index contributed by atoms with van der Waals surface area (Å²) >= 11 is 1.85. The summed E-state index contributed by atoms with van der Waals surface area (Å²) in [5.74, 6) is 0. The van der Waals surface area contributed by atoms with Crippen LogP contribution in [0.5, 0.6) is 0 Å². The van der Waals surface area contributed by atoms with Gasteiger partial charge in [-0.2, -0.15) is 0 Å². The van der Waals surface area contributed by atoms with Crippen LogP contribution in [0.1, 0.15) is 0 Å². The van der Waals surface area contributed by atoms with Gasteiger partial charge in [0.25, 0.3) is 0 Å². The molecule has 0 bridgehead atoms. The average Bonchev–Trinajstić information content (AvgIpc) is 3.62. The van der Waals surface area contributed by atoms with Crippen molar-refractivity contribution in [1.29, 1.82) is 0 Å². The number of fused-ring (bicyclic) bond motifs is 11. The molecule has 0 fully saturated rings. The van der Waals surface area contributed by atoms with Gasteiger partial charge in [0.2, 0.25) is 0 Å². The zero-order valence-corrected chi connectivity index (χ0v) is 31.7. The standard InChI is InChI=1S/C54H34N2S/c1-2-12-35(13-3-1)36-22-26-39(27-23-36)55-51-20-10-11-21-53(51)57-54-33-38(25-31-52(54)55)37-24-30-50-48(32-37)46-18-8-9-19-49(46)56(50)40-28-29-45-43-16-5-4-14-41(43)42-15-6-7-17-44(42)47(45)34-40/h1-34H. The minimum absolute atomic E-state index is 1.15. The summed E-state index contributed by atoms with van der Waals surface area (Å²) in [6, 6.07) is 75.7. The first-order valence-corrected chi connectivity index (χ1v) is 20.3. The van der Waals surface area contributed by atoms with Crippen LogP contribution in [0.15, 0.2) is 216 Å². The number of anilines is 3. The summed E-state index contributed by atoms with van der Waals surface area (Å²) in [4.78, 5) is 4.91. The van der Waals surface area contributed by atoms with E-state index in [0.29, 0.717) is 0 Å². The number of nitrogens with zero attached hydrogens (tertiary/aromatic N) is 2. The molecule has 11 aromatic rings. The Morgan fingerprint density at radius 2 is 0.807 bits per heavy atom. The normalized spacial score (nSPS) is 12.5. The molecule has 12 rings (SSSR count). The maximum absolute atomic E-state index is 2.44. The SMILES string of the molecule is c1ccc(-c2ccc(N3c4ccccc4Sc4cc(-c5ccc6c(c5)c5ccccc5n6-c5ccc6c7ccccc7c7ccccc7c6c5)ccc43)cc2)cc1. The summed E-state index contributed by atoms with van der Waals surface area (Å²) in [6.07, 6.45) is 0. The van der Waals surface area contributed by atoms with E-state index in [-0.39, 0.29) is 0 Å². The molecule has 0 radical (unpaired) electrons. The summed E-state index contributed by atoms with van der Waals surface area (Å²) < 4.78 is 2.44. The van der Waals surface area contributed by atoms with Crippen molar-refractivity contribution in [2.24, 2.45) is 0 Å². The third-order valence-electron chi connectivity index (χ3n) is 11.8. The van der Waals surface area contributed by atoms with Crippen LogP contribution in [0.2, 0.25) is 0 Å². The van der Waals surface area contributed by atoms with Crippen LogP contribution in [0.3, 0.4) is 0 Å². The van der Waals surface area contributed by atoms with Gasteiger partial charge in [0.15, 0.2) is 0 Å². The van der Waals surface area contributed by atoms with Crippen LogP contribution in [-0.2, 0) is 0 Å². The maximum Gasteiger partial charge on any atom is 0.0602 e. The van der Waals surface area contributed by atoms with Crippen molar-refractivity contribution in [2.75, 3.05) is 4.90 Å². The highest BCUT2D eigenvalue weighted by atomic mass is 32.2. The second-order valence-electron chi connectivity index (χ2n) is 14.9. The fraction of sp³-hybridized carbons (Fsp3) is 0. The minimum atomic E-state index is 1.15. The summed E-state index contributed by atoms with van der Waals surface area (Å²) in [5, 5.41) is 10.2. The molecule has 0 N–H and O–H groups in total. The molecule has 0 unspecified atom stereocenters. The van der Waals surface area contributed by atoms with Crippen LogP contribution < -0.4 is 4.90 Å². The zero-order valence-electron chi connectivity index (χ0n) is 30.9. The van der Waals surface area contributed by atoms with Crippen molar-refractivity contribution in [3.8, 4) is 27.9 Å². The lowest BCUT2D eigenvalue weighted by molar-refractivity contribution is 1.17. The molecule has 57 heavy (non-hydrogen) atoms. The molecule has 0 amide bonds. The molecular formula is C54H34N2S. The fourth-order valence-corrected chi connectivity index (χ4v) is 10.2. The Morgan fingerprint density at radius 3 is 1.58 bits per heavy atom. The smallest absolute Gasteiger partial charge is 0.0602 e. The lowest BCUT2D eigenvalue weighted by atomic mass is 9.94. The summed E-state index contributed by atoms with van der Waals surface area (Å²) in [7, 11) is 0.